The van der Waals surface area contributed by atoms with Crippen LogP contribution in [0, 0.1) is 5.41 Å². The normalized spacial score (nSPS) is 24.9. The Labute approximate surface area is 218 Å². The molecule has 0 amide bonds. The summed E-state index contributed by atoms with van der Waals surface area (Å²) in [5.41, 5.74) is 0. The fraction of sp³-hybridized carbons (Fsp3) is 0.789. The minimum Gasteiger partial charge on any atom is -0.456 e. The number of esters is 3. The van der Waals surface area contributed by atoms with E-state index < -0.39 is 65.9 Å². The summed E-state index contributed by atoms with van der Waals surface area (Å²) in [6, 6.07) is 0. The van der Waals surface area contributed by atoms with Crippen molar-refractivity contribution in [1.29, 1.82) is 5.41 Å². The van der Waals surface area contributed by atoms with Crippen LogP contribution in [0.2, 0.25) is 0 Å². The van der Waals surface area contributed by atoms with E-state index >= 15 is 0 Å². The number of alkyl halides is 3. The van der Waals surface area contributed by atoms with E-state index in [4.69, 9.17) is 72.9 Å². The lowest BCUT2D eigenvalue weighted by atomic mass is 9.96. The van der Waals surface area contributed by atoms with Gasteiger partial charge < -0.3 is 32.7 Å². The molecule has 35 heavy (non-hydrogen) atoms. The van der Waals surface area contributed by atoms with Crippen LogP contribution in [0.3, 0.4) is 0 Å². The highest BCUT2D eigenvalue weighted by molar-refractivity contribution is 7.53. The van der Waals surface area contributed by atoms with Crippen molar-refractivity contribution in [1.82, 2.24) is 0 Å². The van der Waals surface area contributed by atoms with Crippen LogP contribution in [0.5, 0.6) is 0 Å². The molecule has 0 aliphatic carbocycles. The van der Waals surface area contributed by atoms with Crippen molar-refractivity contribution in [3.63, 3.8) is 0 Å². The highest BCUT2D eigenvalue weighted by Gasteiger charge is 2.54. The van der Waals surface area contributed by atoms with Crippen molar-refractivity contribution in [2.45, 2.75) is 75.5 Å². The van der Waals surface area contributed by atoms with E-state index in [1.165, 1.54) is 0 Å². The number of halogens is 3. The van der Waals surface area contributed by atoms with Crippen LogP contribution in [0.25, 0.3) is 0 Å². The van der Waals surface area contributed by atoms with Gasteiger partial charge in [-0.1, -0.05) is 34.8 Å². The first-order chi connectivity index (χ1) is 16.1. The summed E-state index contributed by atoms with van der Waals surface area (Å²) in [7, 11) is -3.57. The van der Waals surface area contributed by atoms with Gasteiger partial charge in [0.1, 0.15) is 6.10 Å². The fourth-order valence-electron chi connectivity index (χ4n) is 3.21. The van der Waals surface area contributed by atoms with E-state index in [0.29, 0.717) is 0 Å². The highest BCUT2D eigenvalue weighted by Crippen LogP contribution is 2.49. The Morgan fingerprint density at radius 1 is 0.857 bits per heavy atom. The summed E-state index contributed by atoms with van der Waals surface area (Å²) in [6.45, 7) is 6.73. The van der Waals surface area contributed by atoms with Crippen LogP contribution in [0.4, 0.5) is 0 Å². The number of ether oxygens (including phenoxy) is 5. The third-order valence-corrected chi connectivity index (χ3v) is 6.95. The van der Waals surface area contributed by atoms with Crippen molar-refractivity contribution in [2.75, 3.05) is 19.4 Å². The Hall–Kier alpha value is -1.14. The maximum Gasteiger partial charge on any atom is 0.330 e. The fourth-order valence-corrected chi connectivity index (χ4v) is 5.03. The molecule has 0 spiro atoms. The van der Waals surface area contributed by atoms with Crippen molar-refractivity contribution in [3.05, 3.63) is 0 Å². The van der Waals surface area contributed by atoms with Crippen LogP contribution >= 0.6 is 42.4 Å². The van der Waals surface area contributed by atoms with Gasteiger partial charge in [-0.3, -0.25) is 24.4 Å². The summed E-state index contributed by atoms with van der Waals surface area (Å²) < 4.78 is 48.2. The zero-order valence-corrected chi connectivity index (χ0v) is 22.9. The maximum atomic E-state index is 13.0. The number of rotatable bonds is 11. The first-order valence-corrected chi connectivity index (χ1v) is 13.4. The molecule has 1 fully saturated rings. The Balaban J connectivity index is 3.44. The largest absolute Gasteiger partial charge is 0.456 e. The van der Waals surface area contributed by atoms with Gasteiger partial charge in [-0.05, 0) is 20.3 Å². The molecule has 5 atom stereocenters. The first-order valence-electron chi connectivity index (χ1n) is 10.5. The first kappa shape index (κ1) is 31.9. The zero-order valence-electron chi connectivity index (χ0n) is 19.8. The van der Waals surface area contributed by atoms with Crippen LogP contribution in [-0.4, -0.2) is 77.7 Å². The minimum absolute atomic E-state index is 0.104. The quantitative estimate of drug-likeness (QED) is 0.0946. The molecule has 202 valence electrons. The average Bonchev–Trinajstić information content (AvgIpc) is 2.69. The lowest BCUT2D eigenvalue weighted by Gasteiger charge is -2.44. The van der Waals surface area contributed by atoms with Crippen LogP contribution < -0.4 is 0 Å². The number of nitrogens with one attached hydrogen (secondary N) is 1. The number of hydrogen-bond acceptors (Lipinski definition) is 12. The van der Waals surface area contributed by atoms with Gasteiger partial charge in [-0.25, -0.2) is 0 Å². The SMILES string of the molecule is CCOP(=O)(CCC1OC(OC(=N)C(Cl)(Cl)Cl)C(OC(C)=O)C(OC(C)=O)C1OC(C)=O)OCC. The van der Waals surface area contributed by atoms with Crippen molar-refractivity contribution >= 4 is 66.2 Å². The molecule has 1 aliphatic rings. The molecule has 0 radical (unpaired) electrons. The molecule has 1 saturated heterocycles. The van der Waals surface area contributed by atoms with Gasteiger partial charge in [0.05, 0.1) is 19.4 Å². The van der Waals surface area contributed by atoms with Gasteiger partial charge in [0.2, 0.25) is 18.3 Å². The van der Waals surface area contributed by atoms with Crippen LogP contribution in [-0.2, 0) is 51.7 Å². The van der Waals surface area contributed by atoms with Crippen molar-refractivity contribution in [3.8, 4) is 0 Å². The molecule has 0 aromatic rings. The number of carbonyl (C=O) groups excluding carboxylic acids is 3. The van der Waals surface area contributed by atoms with E-state index in [1.54, 1.807) is 13.8 Å². The van der Waals surface area contributed by atoms with Crippen molar-refractivity contribution in [2.24, 2.45) is 0 Å². The maximum absolute atomic E-state index is 13.0. The second kappa shape index (κ2) is 14.0. The van der Waals surface area contributed by atoms with Crippen molar-refractivity contribution < 1.29 is 51.7 Å². The lowest BCUT2D eigenvalue weighted by Crippen LogP contribution is -2.62. The van der Waals surface area contributed by atoms with Crippen LogP contribution in [0.1, 0.15) is 41.0 Å². The summed E-state index contributed by atoms with van der Waals surface area (Å²) >= 11 is 17.1. The minimum atomic E-state index is -3.57. The van der Waals surface area contributed by atoms with E-state index in [-0.39, 0.29) is 25.8 Å². The zero-order chi connectivity index (χ0) is 27.0. The highest BCUT2D eigenvalue weighted by atomic mass is 35.6. The van der Waals surface area contributed by atoms with Crippen LogP contribution in [0.15, 0.2) is 0 Å². The third-order valence-electron chi connectivity index (χ3n) is 4.33. The molecular formula is C19H29Cl3NO11P. The number of hydrogen-bond donors (Lipinski definition) is 1. The summed E-state index contributed by atoms with van der Waals surface area (Å²) in [6.07, 6.45) is -7.41. The lowest BCUT2D eigenvalue weighted by molar-refractivity contribution is -0.287. The second-order valence-electron chi connectivity index (χ2n) is 7.17. The summed E-state index contributed by atoms with van der Waals surface area (Å²) in [5, 5.41) is 7.88. The smallest absolute Gasteiger partial charge is 0.330 e. The predicted molar refractivity (Wildman–Crippen MR) is 125 cm³/mol. The Bertz CT molecular complexity index is 812. The molecule has 1 N–H and O–H groups in total. The Kier molecular flexibility index (Phi) is 12.7. The van der Waals surface area contributed by atoms with Gasteiger partial charge in [0.25, 0.3) is 3.79 Å². The second-order valence-corrected chi connectivity index (χ2v) is 11.6. The topological polar surface area (TPSA) is 157 Å². The Morgan fingerprint density at radius 3 is 1.74 bits per heavy atom. The summed E-state index contributed by atoms with van der Waals surface area (Å²) in [5.74, 6) is -3.30. The molecule has 5 unspecified atom stereocenters. The van der Waals surface area contributed by atoms with E-state index in [1.807, 2.05) is 0 Å². The third kappa shape index (κ3) is 10.4. The molecule has 16 heteroatoms. The molecule has 0 saturated carbocycles. The standard InChI is InChI=1S/C19H29Cl3NO11P/c1-6-28-35(27,29-7-2)9-8-13-14(30-10(3)24)15(31-11(4)25)16(32-12(5)26)17(33-13)34-18(23)19(20,21)22/h13-17,23H,6-9H2,1-5H3. The molecule has 1 rings (SSSR count). The average molecular weight is 585 g/mol. The van der Waals surface area contributed by atoms with E-state index in [0.717, 1.165) is 20.8 Å². The monoisotopic (exact) mass is 583 g/mol. The molecular weight excluding hydrogens is 556 g/mol. The van der Waals surface area contributed by atoms with Gasteiger partial charge in [-0.2, -0.15) is 0 Å². The Morgan fingerprint density at radius 2 is 1.31 bits per heavy atom. The molecule has 0 aromatic carbocycles. The molecule has 1 heterocycles. The molecule has 0 aromatic heterocycles. The van der Waals surface area contributed by atoms with Gasteiger partial charge in [0, 0.05) is 20.8 Å². The van der Waals surface area contributed by atoms with E-state index in [9.17, 15) is 18.9 Å². The molecule has 12 nitrogen and oxygen atoms in total. The molecule has 0 bridgehead atoms. The van der Waals surface area contributed by atoms with Gasteiger partial charge >= 0.3 is 25.5 Å². The molecule has 1 aliphatic heterocycles. The number of carbonyl (C=O) groups is 3. The van der Waals surface area contributed by atoms with Gasteiger partial charge in [0.15, 0.2) is 12.2 Å². The predicted octanol–water partition coefficient (Wildman–Crippen LogP) is 3.53. The van der Waals surface area contributed by atoms with E-state index in [2.05, 4.69) is 0 Å². The van der Waals surface area contributed by atoms with Gasteiger partial charge in [-0.15, -0.1) is 0 Å². The summed E-state index contributed by atoms with van der Waals surface area (Å²) in [4.78, 5) is 35.5.